The molecule has 2 aromatic heterocycles. The first-order chi connectivity index (χ1) is 14.7. The summed E-state index contributed by atoms with van der Waals surface area (Å²) in [6, 6.07) is 23.8. The number of nitrogens with one attached hydrogen (secondary N) is 2. The monoisotopic (exact) mass is 398 g/mol. The van der Waals surface area contributed by atoms with Crippen LogP contribution in [0.3, 0.4) is 0 Å². The number of benzene rings is 2. The molecule has 6 nitrogen and oxygen atoms in total. The molecule has 6 heteroatoms. The Morgan fingerprint density at radius 2 is 1.60 bits per heavy atom. The summed E-state index contributed by atoms with van der Waals surface area (Å²) >= 11 is 0. The van der Waals surface area contributed by atoms with Crippen LogP contribution in [0.15, 0.2) is 91.3 Å². The highest BCUT2D eigenvalue weighted by atomic mass is 16.2. The van der Waals surface area contributed by atoms with Gasteiger partial charge >= 0.3 is 0 Å². The molecule has 0 saturated carbocycles. The topological polar surface area (TPSA) is 75.5 Å². The summed E-state index contributed by atoms with van der Waals surface area (Å²) < 4.78 is 1.91. The average Bonchev–Trinajstić information content (AvgIpc) is 3.21. The van der Waals surface area contributed by atoms with Crippen LogP contribution in [0.2, 0.25) is 0 Å². The Hall–Kier alpha value is -3.93. The SMILES string of the molecule is O=C(CC(NC(=O)c1ccccc1)c1ccccc1)NCc1cn2ccccc2n1. The molecule has 0 aliphatic rings. The molecule has 2 aromatic carbocycles. The molecule has 2 amide bonds. The van der Waals surface area contributed by atoms with Gasteiger partial charge in [-0.25, -0.2) is 4.98 Å². The molecule has 2 N–H and O–H groups in total. The van der Waals surface area contributed by atoms with Crippen LogP contribution in [-0.4, -0.2) is 21.2 Å². The second-order valence-corrected chi connectivity index (χ2v) is 6.98. The van der Waals surface area contributed by atoms with E-state index in [9.17, 15) is 9.59 Å². The van der Waals surface area contributed by atoms with Gasteiger partial charge < -0.3 is 15.0 Å². The lowest BCUT2D eigenvalue weighted by Gasteiger charge is -2.19. The van der Waals surface area contributed by atoms with Crippen molar-refractivity contribution >= 4 is 17.5 Å². The molecule has 1 atom stereocenters. The van der Waals surface area contributed by atoms with E-state index < -0.39 is 6.04 Å². The van der Waals surface area contributed by atoms with Gasteiger partial charge in [0, 0.05) is 18.0 Å². The molecule has 1 unspecified atom stereocenters. The maximum absolute atomic E-state index is 12.6. The van der Waals surface area contributed by atoms with Gasteiger partial charge in [-0.15, -0.1) is 0 Å². The average molecular weight is 398 g/mol. The maximum Gasteiger partial charge on any atom is 0.251 e. The molecular formula is C24H22N4O2. The first-order valence-electron chi connectivity index (χ1n) is 9.79. The molecule has 0 aliphatic heterocycles. The van der Waals surface area contributed by atoms with Crippen molar-refractivity contribution in [3.63, 3.8) is 0 Å². The fourth-order valence-corrected chi connectivity index (χ4v) is 3.29. The highest BCUT2D eigenvalue weighted by Crippen LogP contribution is 2.17. The van der Waals surface area contributed by atoms with Crippen LogP contribution in [0.1, 0.15) is 34.1 Å². The molecule has 30 heavy (non-hydrogen) atoms. The third kappa shape index (κ3) is 4.72. The van der Waals surface area contributed by atoms with Crippen LogP contribution in [-0.2, 0) is 11.3 Å². The summed E-state index contributed by atoms with van der Waals surface area (Å²) in [5.41, 5.74) is 3.05. The number of hydrogen-bond donors (Lipinski definition) is 2. The Morgan fingerprint density at radius 3 is 2.33 bits per heavy atom. The molecule has 0 fully saturated rings. The Labute approximate surface area is 174 Å². The van der Waals surface area contributed by atoms with E-state index in [0.29, 0.717) is 12.1 Å². The maximum atomic E-state index is 12.6. The van der Waals surface area contributed by atoms with Gasteiger partial charge in [-0.05, 0) is 29.8 Å². The number of fused-ring (bicyclic) bond motifs is 1. The van der Waals surface area contributed by atoms with E-state index >= 15 is 0 Å². The van der Waals surface area contributed by atoms with E-state index in [0.717, 1.165) is 16.9 Å². The number of hydrogen-bond acceptors (Lipinski definition) is 3. The summed E-state index contributed by atoms with van der Waals surface area (Å²) in [6.45, 7) is 0.328. The highest BCUT2D eigenvalue weighted by Gasteiger charge is 2.19. The quantitative estimate of drug-likeness (QED) is 0.500. The smallest absolute Gasteiger partial charge is 0.251 e. The number of pyridine rings is 1. The number of nitrogens with zero attached hydrogens (tertiary/aromatic N) is 2. The molecule has 4 aromatic rings. The van der Waals surface area contributed by atoms with Crippen LogP contribution in [0, 0.1) is 0 Å². The van der Waals surface area contributed by atoms with Gasteiger partial charge in [0.15, 0.2) is 0 Å². The first-order valence-corrected chi connectivity index (χ1v) is 9.79. The van der Waals surface area contributed by atoms with Crippen molar-refractivity contribution in [1.82, 2.24) is 20.0 Å². The normalized spacial score (nSPS) is 11.7. The van der Waals surface area contributed by atoms with Gasteiger partial charge in [0.2, 0.25) is 5.91 Å². The second-order valence-electron chi connectivity index (χ2n) is 6.98. The number of rotatable bonds is 7. The lowest BCUT2D eigenvalue weighted by molar-refractivity contribution is -0.121. The lowest BCUT2D eigenvalue weighted by atomic mass is 10.0. The largest absolute Gasteiger partial charge is 0.350 e. The molecular weight excluding hydrogens is 376 g/mol. The standard InChI is InChI=1S/C24H22N4O2/c29-23(25-16-20-17-28-14-8-7-13-22(28)26-20)15-21(18-9-3-1-4-10-18)27-24(30)19-11-5-2-6-12-19/h1-14,17,21H,15-16H2,(H,25,29)(H,27,30). The molecule has 150 valence electrons. The predicted octanol–water partition coefficient (Wildman–Crippen LogP) is 3.51. The van der Waals surface area contributed by atoms with Crippen molar-refractivity contribution in [3.05, 3.63) is 108 Å². The third-order valence-corrected chi connectivity index (χ3v) is 4.81. The van der Waals surface area contributed by atoms with Crippen molar-refractivity contribution in [2.75, 3.05) is 0 Å². The zero-order valence-electron chi connectivity index (χ0n) is 16.4. The molecule has 0 spiro atoms. The summed E-state index contributed by atoms with van der Waals surface area (Å²) in [4.78, 5) is 29.8. The molecule has 0 radical (unpaired) electrons. The van der Waals surface area contributed by atoms with Crippen molar-refractivity contribution in [1.29, 1.82) is 0 Å². The zero-order valence-corrected chi connectivity index (χ0v) is 16.4. The minimum Gasteiger partial charge on any atom is -0.350 e. The second kappa shape index (κ2) is 9.05. The first kappa shape index (κ1) is 19.4. The molecule has 4 rings (SSSR count). The Bertz CT molecular complexity index is 1110. The lowest BCUT2D eigenvalue weighted by Crippen LogP contribution is -2.33. The van der Waals surface area contributed by atoms with Crippen LogP contribution >= 0.6 is 0 Å². The predicted molar refractivity (Wildman–Crippen MR) is 115 cm³/mol. The zero-order chi connectivity index (χ0) is 20.8. The van der Waals surface area contributed by atoms with Gasteiger partial charge in [-0.2, -0.15) is 0 Å². The molecule has 0 aliphatic carbocycles. The summed E-state index contributed by atoms with van der Waals surface area (Å²) in [6.07, 6.45) is 3.94. The van der Waals surface area contributed by atoms with E-state index in [4.69, 9.17) is 0 Å². The number of aromatic nitrogens is 2. The van der Waals surface area contributed by atoms with Crippen molar-refractivity contribution < 1.29 is 9.59 Å². The van der Waals surface area contributed by atoms with E-state index in [-0.39, 0.29) is 18.2 Å². The van der Waals surface area contributed by atoms with Crippen LogP contribution in [0.4, 0.5) is 0 Å². The van der Waals surface area contributed by atoms with E-state index in [1.807, 2.05) is 83.5 Å². The van der Waals surface area contributed by atoms with Gasteiger partial charge in [0.25, 0.3) is 5.91 Å². The Kier molecular flexibility index (Phi) is 5.85. The highest BCUT2D eigenvalue weighted by molar-refractivity contribution is 5.94. The molecule has 0 saturated heterocycles. The van der Waals surface area contributed by atoms with Crippen LogP contribution < -0.4 is 10.6 Å². The van der Waals surface area contributed by atoms with Crippen molar-refractivity contribution in [2.24, 2.45) is 0 Å². The Balaban J connectivity index is 1.43. The number of imidazole rings is 1. The van der Waals surface area contributed by atoms with Gasteiger partial charge in [0.05, 0.1) is 24.7 Å². The summed E-state index contributed by atoms with van der Waals surface area (Å²) in [7, 11) is 0. The van der Waals surface area contributed by atoms with Gasteiger partial charge in [0.1, 0.15) is 5.65 Å². The molecule has 0 bridgehead atoms. The summed E-state index contributed by atoms with van der Waals surface area (Å²) in [5, 5.41) is 5.89. The van der Waals surface area contributed by atoms with Gasteiger partial charge in [-0.3, -0.25) is 9.59 Å². The fraction of sp³-hybridized carbons (Fsp3) is 0.125. The fourth-order valence-electron chi connectivity index (χ4n) is 3.29. The minimum atomic E-state index is -0.431. The van der Waals surface area contributed by atoms with E-state index in [2.05, 4.69) is 15.6 Å². The van der Waals surface area contributed by atoms with Crippen LogP contribution in [0.5, 0.6) is 0 Å². The van der Waals surface area contributed by atoms with Crippen molar-refractivity contribution in [2.45, 2.75) is 19.0 Å². The number of carbonyl (C=O) groups is 2. The van der Waals surface area contributed by atoms with E-state index in [1.54, 1.807) is 12.1 Å². The van der Waals surface area contributed by atoms with Crippen molar-refractivity contribution in [3.8, 4) is 0 Å². The third-order valence-electron chi connectivity index (χ3n) is 4.81. The van der Waals surface area contributed by atoms with E-state index in [1.165, 1.54) is 0 Å². The minimum absolute atomic E-state index is 0.135. The number of carbonyl (C=O) groups excluding carboxylic acids is 2. The Morgan fingerprint density at radius 1 is 0.900 bits per heavy atom. The van der Waals surface area contributed by atoms with Gasteiger partial charge in [-0.1, -0.05) is 54.6 Å². The van der Waals surface area contributed by atoms with Crippen LogP contribution in [0.25, 0.3) is 5.65 Å². The molecule has 2 heterocycles. The summed E-state index contributed by atoms with van der Waals surface area (Å²) in [5.74, 6) is -0.369. The number of amides is 2.